The number of aromatic nitrogens is 3. The van der Waals surface area contributed by atoms with Gasteiger partial charge >= 0.3 is 12.0 Å². The van der Waals surface area contributed by atoms with Crippen LogP contribution in [-0.2, 0) is 17.9 Å². The third-order valence-corrected chi connectivity index (χ3v) is 3.62. The summed E-state index contributed by atoms with van der Waals surface area (Å²) in [6.45, 7) is 4.39. The molecular formula is C13H21N5O3. The topological polar surface area (TPSA) is 109 Å². The van der Waals surface area contributed by atoms with Crippen LogP contribution in [-0.4, -0.2) is 38.1 Å². The summed E-state index contributed by atoms with van der Waals surface area (Å²) in [5.41, 5.74) is 0.815. The first-order valence-corrected chi connectivity index (χ1v) is 6.99. The molecule has 1 fully saturated rings. The second-order valence-electron chi connectivity index (χ2n) is 6.23. The van der Waals surface area contributed by atoms with Gasteiger partial charge in [0, 0.05) is 6.04 Å². The van der Waals surface area contributed by atoms with Gasteiger partial charge in [0.2, 0.25) is 0 Å². The molecular weight excluding hydrogens is 274 g/mol. The van der Waals surface area contributed by atoms with Gasteiger partial charge in [-0.25, -0.2) is 9.48 Å². The van der Waals surface area contributed by atoms with E-state index < -0.39 is 5.97 Å². The maximum atomic E-state index is 11.8. The number of carboxylic acids is 1. The molecule has 0 saturated heterocycles. The number of hydrogen-bond donors (Lipinski definition) is 3. The Hall–Kier alpha value is -2.12. The average Bonchev–Trinajstić information content (AvgIpc) is 2.93. The Balaban J connectivity index is 1.74. The molecule has 2 amide bonds. The van der Waals surface area contributed by atoms with E-state index in [-0.39, 0.29) is 30.6 Å². The lowest BCUT2D eigenvalue weighted by atomic mass is 9.92. The number of nitrogens with zero attached hydrogens (tertiary/aromatic N) is 3. The van der Waals surface area contributed by atoms with Crippen LogP contribution in [0, 0.1) is 5.41 Å². The molecule has 1 aliphatic rings. The molecule has 0 aliphatic heterocycles. The molecule has 8 heteroatoms. The molecule has 0 radical (unpaired) electrons. The molecule has 1 heterocycles. The van der Waals surface area contributed by atoms with Gasteiger partial charge in [0.1, 0.15) is 12.2 Å². The molecule has 0 bridgehead atoms. The lowest BCUT2D eigenvalue weighted by molar-refractivity contribution is -0.137. The van der Waals surface area contributed by atoms with Crippen molar-refractivity contribution >= 4 is 12.0 Å². The van der Waals surface area contributed by atoms with E-state index in [0.717, 1.165) is 19.3 Å². The Kier molecular flexibility index (Phi) is 4.44. The number of urea groups is 1. The van der Waals surface area contributed by atoms with Gasteiger partial charge in [0.25, 0.3) is 0 Å². The van der Waals surface area contributed by atoms with E-state index in [1.165, 1.54) is 10.9 Å². The third-order valence-electron chi connectivity index (χ3n) is 3.62. The predicted molar refractivity (Wildman–Crippen MR) is 74.4 cm³/mol. The maximum absolute atomic E-state index is 11.8. The number of carbonyl (C=O) groups excluding carboxylic acids is 1. The monoisotopic (exact) mass is 295 g/mol. The largest absolute Gasteiger partial charge is 0.480 e. The highest BCUT2D eigenvalue weighted by atomic mass is 16.4. The highest BCUT2D eigenvalue weighted by molar-refractivity contribution is 5.74. The van der Waals surface area contributed by atoms with Crippen molar-refractivity contribution < 1.29 is 14.7 Å². The molecule has 0 spiro atoms. The lowest BCUT2D eigenvalue weighted by Gasteiger charge is -2.17. The Morgan fingerprint density at radius 1 is 1.52 bits per heavy atom. The van der Waals surface area contributed by atoms with Gasteiger partial charge in [-0.1, -0.05) is 19.1 Å². The molecule has 1 aromatic heterocycles. The van der Waals surface area contributed by atoms with Gasteiger partial charge in [-0.2, -0.15) is 0 Å². The fourth-order valence-corrected chi connectivity index (χ4v) is 2.60. The van der Waals surface area contributed by atoms with Crippen molar-refractivity contribution in [3.8, 4) is 0 Å². The van der Waals surface area contributed by atoms with E-state index in [1.807, 2.05) is 0 Å². The van der Waals surface area contributed by atoms with E-state index in [2.05, 4.69) is 34.8 Å². The molecule has 1 aromatic rings. The number of carbonyl (C=O) groups is 2. The highest BCUT2D eigenvalue weighted by Crippen LogP contribution is 2.36. The molecule has 2 rings (SSSR count). The summed E-state index contributed by atoms with van der Waals surface area (Å²) in [6.07, 6.45) is 4.60. The minimum atomic E-state index is -0.985. The zero-order valence-corrected chi connectivity index (χ0v) is 12.3. The van der Waals surface area contributed by atoms with Crippen molar-refractivity contribution in [2.45, 2.75) is 52.2 Å². The van der Waals surface area contributed by atoms with E-state index in [0.29, 0.717) is 5.69 Å². The minimum absolute atomic E-state index is 0.211. The van der Waals surface area contributed by atoms with Gasteiger partial charge in [-0.15, -0.1) is 5.10 Å². The molecule has 3 N–H and O–H groups in total. The van der Waals surface area contributed by atoms with Crippen LogP contribution in [0.2, 0.25) is 0 Å². The number of rotatable bonds is 5. The third kappa shape index (κ3) is 4.73. The Bertz CT molecular complexity index is 526. The fourth-order valence-electron chi connectivity index (χ4n) is 2.60. The number of hydrogen-bond acceptors (Lipinski definition) is 4. The molecule has 116 valence electrons. The first-order chi connectivity index (χ1) is 9.84. The van der Waals surface area contributed by atoms with E-state index >= 15 is 0 Å². The van der Waals surface area contributed by atoms with Crippen molar-refractivity contribution in [1.29, 1.82) is 0 Å². The van der Waals surface area contributed by atoms with Crippen LogP contribution < -0.4 is 10.6 Å². The first kappa shape index (κ1) is 15.3. The van der Waals surface area contributed by atoms with Gasteiger partial charge in [-0.05, 0) is 24.7 Å². The summed E-state index contributed by atoms with van der Waals surface area (Å²) in [5.74, 6) is -0.985. The van der Waals surface area contributed by atoms with Crippen molar-refractivity contribution in [2.24, 2.45) is 5.41 Å². The van der Waals surface area contributed by atoms with Crippen LogP contribution in [0.15, 0.2) is 6.20 Å². The minimum Gasteiger partial charge on any atom is -0.480 e. The average molecular weight is 295 g/mol. The molecule has 1 aliphatic carbocycles. The van der Waals surface area contributed by atoms with Gasteiger partial charge in [-0.3, -0.25) is 4.79 Å². The summed E-state index contributed by atoms with van der Waals surface area (Å²) in [4.78, 5) is 22.3. The van der Waals surface area contributed by atoms with Crippen LogP contribution in [0.25, 0.3) is 0 Å². The van der Waals surface area contributed by atoms with Crippen LogP contribution >= 0.6 is 0 Å². The second-order valence-corrected chi connectivity index (χ2v) is 6.23. The van der Waals surface area contributed by atoms with Gasteiger partial charge in [0.05, 0.1) is 12.7 Å². The highest BCUT2D eigenvalue weighted by Gasteiger charge is 2.31. The lowest BCUT2D eigenvalue weighted by Crippen LogP contribution is -2.41. The molecule has 1 unspecified atom stereocenters. The zero-order chi connectivity index (χ0) is 15.5. The molecule has 8 nitrogen and oxygen atoms in total. The number of nitrogens with one attached hydrogen (secondary N) is 2. The summed E-state index contributed by atoms with van der Waals surface area (Å²) >= 11 is 0. The zero-order valence-electron chi connectivity index (χ0n) is 12.3. The quantitative estimate of drug-likeness (QED) is 0.742. The van der Waals surface area contributed by atoms with Gasteiger partial charge in [0.15, 0.2) is 0 Å². The maximum Gasteiger partial charge on any atom is 0.325 e. The van der Waals surface area contributed by atoms with Crippen LogP contribution in [0.5, 0.6) is 0 Å². The van der Waals surface area contributed by atoms with Gasteiger partial charge < -0.3 is 15.7 Å². The number of aliphatic carboxylic acids is 1. The summed E-state index contributed by atoms with van der Waals surface area (Å²) in [6, 6.07) is -0.0202. The van der Waals surface area contributed by atoms with Crippen molar-refractivity contribution in [2.75, 3.05) is 0 Å². The smallest absolute Gasteiger partial charge is 0.325 e. The Morgan fingerprint density at radius 2 is 2.29 bits per heavy atom. The molecule has 1 atom stereocenters. The summed E-state index contributed by atoms with van der Waals surface area (Å²) in [7, 11) is 0. The molecule has 0 aromatic carbocycles. The first-order valence-electron chi connectivity index (χ1n) is 6.99. The normalized spacial score (nSPS) is 20.2. The molecule has 1 saturated carbocycles. The van der Waals surface area contributed by atoms with E-state index in [9.17, 15) is 9.59 Å². The van der Waals surface area contributed by atoms with Crippen molar-refractivity contribution in [3.05, 3.63) is 11.9 Å². The summed E-state index contributed by atoms with van der Waals surface area (Å²) in [5, 5.41) is 21.8. The van der Waals surface area contributed by atoms with Crippen molar-refractivity contribution in [3.63, 3.8) is 0 Å². The Morgan fingerprint density at radius 3 is 2.90 bits per heavy atom. The van der Waals surface area contributed by atoms with Crippen LogP contribution in [0.3, 0.4) is 0 Å². The fraction of sp³-hybridized carbons (Fsp3) is 0.692. The number of carboxylic acid groups (broad SMARTS) is 1. The van der Waals surface area contributed by atoms with Crippen LogP contribution in [0.1, 0.15) is 38.8 Å². The SMILES string of the molecule is CC1(C)CCC(NC(=O)NCc2cn(CC(=O)O)nn2)C1. The van der Waals surface area contributed by atoms with Crippen LogP contribution in [0.4, 0.5) is 4.79 Å². The van der Waals surface area contributed by atoms with Crippen molar-refractivity contribution in [1.82, 2.24) is 25.6 Å². The number of amides is 2. The summed E-state index contributed by atoms with van der Waals surface area (Å²) < 4.78 is 1.22. The molecule has 21 heavy (non-hydrogen) atoms. The van der Waals surface area contributed by atoms with E-state index in [1.54, 1.807) is 0 Å². The van der Waals surface area contributed by atoms with E-state index in [4.69, 9.17) is 5.11 Å². The second kappa shape index (κ2) is 6.11. The Labute approximate surface area is 122 Å². The predicted octanol–water partition coefficient (Wildman–Crippen LogP) is 0.741. The standard InChI is InChI=1S/C13H21N5O3/c1-13(2)4-3-9(5-13)15-12(21)14-6-10-7-18(17-16-10)8-11(19)20/h7,9H,3-6,8H2,1-2H3,(H,19,20)(H2,14,15,21).